The van der Waals surface area contributed by atoms with Crippen LogP contribution >= 0.6 is 0 Å². The molecule has 1 saturated heterocycles. The van der Waals surface area contributed by atoms with Crippen molar-refractivity contribution in [2.45, 2.75) is 25.4 Å². The molecule has 5 rings (SSSR count). The summed E-state index contributed by atoms with van der Waals surface area (Å²) in [4.78, 5) is 17.5. The molecule has 3 atom stereocenters. The van der Waals surface area contributed by atoms with Crippen LogP contribution in [0.3, 0.4) is 0 Å². The zero-order valence-electron chi connectivity index (χ0n) is 18.5. The summed E-state index contributed by atoms with van der Waals surface area (Å²) in [7, 11) is 1.65. The zero-order chi connectivity index (χ0) is 22.9. The molecule has 0 amide bonds. The number of hydrogen-bond donors (Lipinski definition) is 4. The van der Waals surface area contributed by atoms with Crippen molar-refractivity contribution < 1.29 is 14.3 Å². The minimum atomic E-state index is -0.584. The summed E-state index contributed by atoms with van der Waals surface area (Å²) in [6.07, 6.45) is 0.441. The highest BCUT2D eigenvalue weighted by atomic mass is 16.5. The Morgan fingerprint density at radius 1 is 1.15 bits per heavy atom. The number of methoxy groups -OCH3 is 1. The van der Waals surface area contributed by atoms with E-state index in [4.69, 9.17) is 14.1 Å². The molecule has 0 aliphatic carbocycles. The van der Waals surface area contributed by atoms with Gasteiger partial charge in [-0.25, -0.2) is 10.2 Å². The summed E-state index contributed by atoms with van der Waals surface area (Å²) in [5, 5.41) is 14.2. The minimum absolute atomic E-state index is 0.0305. The van der Waals surface area contributed by atoms with E-state index in [0.29, 0.717) is 23.6 Å². The molecule has 3 aromatic rings. The van der Waals surface area contributed by atoms with Crippen molar-refractivity contribution in [3.8, 4) is 11.5 Å². The summed E-state index contributed by atoms with van der Waals surface area (Å²) in [5.41, 5.74) is 9.43. The van der Waals surface area contributed by atoms with Gasteiger partial charge in [0.2, 0.25) is 0 Å². The van der Waals surface area contributed by atoms with Crippen LogP contribution in [-0.2, 0) is 0 Å². The maximum Gasteiger partial charge on any atom is 0.348 e. The van der Waals surface area contributed by atoms with Crippen LogP contribution in [0.4, 0.5) is 11.4 Å². The average Bonchev–Trinajstić information content (AvgIpc) is 3.21. The SMILES string of the molecule is COc1ccc(C2NNCC2C2CC(c3c(O)cc(C)oc3=O)=Nc3ccccc3N2)cc1. The molecule has 2 aliphatic rings. The molecule has 3 heterocycles. The van der Waals surface area contributed by atoms with E-state index in [1.54, 1.807) is 14.0 Å². The van der Waals surface area contributed by atoms with Crippen LogP contribution < -0.4 is 26.5 Å². The van der Waals surface area contributed by atoms with E-state index in [1.165, 1.54) is 6.07 Å². The molecule has 3 unspecified atom stereocenters. The van der Waals surface area contributed by atoms with Gasteiger partial charge < -0.3 is 19.6 Å². The number of aryl methyl sites for hydroxylation is 1. The van der Waals surface area contributed by atoms with E-state index in [9.17, 15) is 9.90 Å². The second-order valence-electron chi connectivity index (χ2n) is 8.38. The molecule has 170 valence electrons. The van der Waals surface area contributed by atoms with E-state index >= 15 is 0 Å². The van der Waals surface area contributed by atoms with Crippen molar-refractivity contribution in [2.75, 3.05) is 19.0 Å². The van der Waals surface area contributed by atoms with Crippen LogP contribution in [0.15, 0.2) is 68.8 Å². The summed E-state index contributed by atoms with van der Waals surface area (Å²) < 4.78 is 10.6. The summed E-state index contributed by atoms with van der Waals surface area (Å²) in [6.45, 7) is 2.35. The van der Waals surface area contributed by atoms with Crippen LogP contribution in [0.25, 0.3) is 0 Å². The van der Waals surface area contributed by atoms with Gasteiger partial charge in [0.15, 0.2) is 0 Å². The molecule has 1 fully saturated rings. The first-order valence-electron chi connectivity index (χ1n) is 10.9. The van der Waals surface area contributed by atoms with Crippen molar-refractivity contribution in [2.24, 2.45) is 10.9 Å². The monoisotopic (exact) mass is 446 g/mol. The molecule has 4 N–H and O–H groups in total. The Kier molecular flexibility index (Phi) is 5.62. The van der Waals surface area contributed by atoms with Gasteiger partial charge in [0.1, 0.15) is 22.8 Å². The Balaban J connectivity index is 1.55. The van der Waals surface area contributed by atoms with Gasteiger partial charge in [-0.3, -0.25) is 10.4 Å². The van der Waals surface area contributed by atoms with Crippen LogP contribution in [0.2, 0.25) is 0 Å². The normalized spacial score (nSPS) is 22.1. The predicted molar refractivity (Wildman–Crippen MR) is 126 cm³/mol. The van der Waals surface area contributed by atoms with Gasteiger partial charge in [-0.1, -0.05) is 24.3 Å². The third-order valence-corrected chi connectivity index (χ3v) is 6.27. The first-order valence-corrected chi connectivity index (χ1v) is 10.9. The lowest BCUT2D eigenvalue weighted by Crippen LogP contribution is -2.36. The third-order valence-electron chi connectivity index (χ3n) is 6.27. The van der Waals surface area contributed by atoms with Crippen molar-refractivity contribution in [3.05, 3.63) is 81.9 Å². The largest absolute Gasteiger partial charge is 0.507 e. The van der Waals surface area contributed by atoms with Crippen molar-refractivity contribution in [1.82, 2.24) is 10.9 Å². The molecule has 1 aromatic heterocycles. The van der Waals surface area contributed by atoms with Gasteiger partial charge in [-0.15, -0.1) is 0 Å². The fourth-order valence-corrected chi connectivity index (χ4v) is 4.65. The molecular weight excluding hydrogens is 420 g/mol. The second-order valence-corrected chi connectivity index (χ2v) is 8.38. The van der Waals surface area contributed by atoms with E-state index < -0.39 is 5.63 Å². The number of para-hydroxylation sites is 2. The van der Waals surface area contributed by atoms with Crippen molar-refractivity contribution in [3.63, 3.8) is 0 Å². The Morgan fingerprint density at radius 2 is 1.94 bits per heavy atom. The fraction of sp³-hybridized carbons (Fsp3) is 0.280. The number of rotatable bonds is 4. The number of fused-ring (bicyclic) bond motifs is 1. The van der Waals surface area contributed by atoms with Crippen LogP contribution in [-0.4, -0.2) is 30.5 Å². The summed E-state index contributed by atoms with van der Waals surface area (Å²) in [5.74, 6) is 1.18. The first kappa shape index (κ1) is 21.2. The Labute approximate surface area is 191 Å². The van der Waals surface area contributed by atoms with E-state index in [0.717, 1.165) is 23.5 Å². The molecule has 33 heavy (non-hydrogen) atoms. The van der Waals surface area contributed by atoms with Crippen LogP contribution in [0.1, 0.15) is 29.3 Å². The van der Waals surface area contributed by atoms with E-state index in [1.807, 2.05) is 36.4 Å². The number of benzene rings is 2. The number of ether oxygens (including phenoxy) is 1. The number of aliphatic imine (C=N–C) groups is 1. The highest BCUT2D eigenvalue weighted by molar-refractivity contribution is 6.05. The Hall–Kier alpha value is -3.62. The molecular formula is C25H26N4O4. The van der Waals surface area contributed by atoms with Gasteiger partial charge in [0, 0.05) is 31.0 Å². The van der Waals surface area contributed by atoms with E-state index in [-0.39, 0.29) is 29.3 Å². The second kappa shape index (κ2) is 8.73. The number of hydrogen-bond acceptors (Lipinski definition) is 8. The quantitative estimate of drug-likeness (QED) is 0.486. The molecule has 2 aliphatic heterocycles. The van der Waals surface area contributed by atoms with Crippen molar-refractivity contribution >= 4 is 17.1 Å². The average molecular weight is 447 g/mol. The zero-order valence-corrected chi connectivity index (χ0v) is 18.5. The number of anilines is 1. The Bertz CT molecular complexity index is 1250. The number of nitrogens with one attached hydrogen (secondary N) is 3. The minimum Gasteiger partial charge on any atom is -0.507 e. The third kappa shape index (κ3) is 4.10. The summed E-state index contributed by atoms with van der Waals surface area (Å²) in [6, 6.07) is 17.1. The van der Waals surface area contributed by atoms with E-state index in [2.05, 4.69) is 28.3 Å². The molecule has 0 radical (unpaired) electrons. The molecule has 2 aromatic carbocycles. The lowest BCUT2D eigenvalue weighted by Gasteiger charge is -2.29. The number of aromatic hydroxyl groups is 1. The molecule has 0 spiro atoms. The molecule has 8 nitrogen and oxygen atoms in total. The topological polar surface area (TPSA) is 108 Å². The Morgan fingerprint density at radius 3 is 2.70 bits per heavy atom. The van der Waals surface area contributed by atoms with Gasteiger partial charge in [-0.2, -0.15) is 0 Å². The number of hydrazine groups is 1. The number of nitrogens with zero attached hydrogens (tertiary/aromatic N) is 1. The maximum absolute atomic E-state index is 12.7. The van der Waals surface area contributed by atoms with Crippen LogP contribution in [0, 0.1) is 12.8 Å². The molecule has 0 saturated carbocycles. The first-order chi connectivity index (χ1) is 16.0. The highest BCUT2D eigenvalue weighted by Crippen LogP contribution is 2.37. The maximum atomic E-state index is 12.7. The molecule has 8 heteroatoms. The van der Waals surface area contributed by atoms with Gasteiger partial charge >= 0.3 is 5.63 Å². The standard InChI is InChI=1S/C25H26N4O4/c1-14-11-22(30)23(25(31)33-14)21-12-20(27-18-5-3-4-6-19(18)28-21)17-13-26-29-24(17)15-7-9-16(32-2)10-8-15/h3-11,17,20,24,26-27,29-30H,12-13H2,1-2H3. The fourth-order valence-electron chi connectivity index (χ4n) is 4.65. The lowest BCUT2D eigenvalue weighted by atomic mass is 9.85. The lowest BCUT2D eigenvalue weighted by molar-refractivity contribution is 0.409. The summed E-state index contributed by atoms with van der Waals surface area (Å²) >= 11 is 0. The van der Waals surface area contributed by atoms with Gasteiger partial charge in [-0.05, 0) is 36.8 Å². The molecule has 0 bridgehead atoms. The van der Waals surface area contributed by atoms with Gasteiger partial charge in [0.05, 0.1) is 30.2 Å². The van der Waals surface area contributed by atoms with Crippen molar-refractivity contribution in [1.29, 1.82) is 0 Å². The predicted octanol–water partition coefficient (Wildman–Crippen LogP) is 3.43. The highest BCUT2D eigenvalue weighted by Gasteiger charge is 2.37. The smallest absolute Gasteiger partial charge is 0.348 e. The van der Waals surface area contributed by atoms with Gasteiger partial charge in [0.25, 0.3) is 0 Å². The van der Waals surface area contributed by atoms with Crippen LogP contribution in [0.5, 0.6) is 11.5 Å².